The van der Waals surface area contributed by atoms with Crippen LogP contribution in [0.15, 0.2) is 36.7 Å². The predicted octanol–water partition coefficient (Wildman–Crippen LogP) is 1.87. The number of aliphatic hydroxyl groups is 1. The van der Waals surface area contributed by atoms with Gasteiger partial charge in [-0.1, -0.05) is 12.1 Å². The number of aromatic nitrogens is 2. The number of imidazole rings is 1. The molecule has 0 aliphatic rings. The number of aryl methyl sites for hydroxylation is 1. The van der Waals surface area contributed by atoms with E-state index in [1.807, 2.05) is 0 Å². The molecule has 4 N–H and O–H groups in total. The van der Waals surface area contributed by atoms with Gasteiger partial charge >= 0.3 is 6.18 Å². The Morgan fingerprint density at radius 2 is 1.92 bits per heavy atom. The van der Waals surface area contributed by atoms with E-state index in [0.717, 1.165) is 10.1 Å². The third-order valence-corrected chi connectivity index (χ3v) is 3.88. The number of carbonyl (C=O) groups is 1. The SMILES string of the molecule is Cl.Cn1ccnc1C(O)(CCNC(=O)c1ccc(CN)cc1)C(F)(F)F. The fraction of sp³-hybridized carbons (Fsp3) is 0.375. The first-order valence-corrected chi connectivity index (χ1v) is 7.53. The lowest BCUT2D eigenvalue weighted by atomic mass is 9.97. The lowest BCUT2D eigenvalue weighted by Gasteiger charge is -2.30. The van der Waals surface area contributed by atoms with Crippen LogP contribution in [0.4, 0.5) is 13.2 Å². The number of hydrogen-bond donors (Lipinski definition) is 3. The van der Waals surface area contributed by atoms with Crippen molar-refractivity contribution in [2.75, 3.05) is 6.54 Å². The molecule has 144 valence electrons. The number of alkyl halides is 3. The highest BCUT2D eigenvalue weighted by Crippen LogP contribution is 2.40. The minimum absolute atomic E-state index is 0. The number of nitrogens with zero attached hydrogens (tertiary/aromatic N) is 2. The lowest BCUT2D eigenvalue weighted by molar-refractivity contribution is -0.272. The zero-order chi connectivity index (χ0) is 18.7. The molecule has 2 rings (SSSR count). The lowest BCUT2D eigenvalue weighted by Crippen LogP contribution is -2.46. The Bertz CT molecular complexity index is 734. The highest BCUT2D eigenvalue weighted by molar-refractivity contribution is 5.94. The summed E-state index contributed by atoms with van der Waals surface area (Å²) in [6, 6.07) is 6.39. The normalized spacial score (nSPS) is 13.6. The Kier molecular flexibility index (Phi) is 7.19. The van der Waals surface area contributed by atoms with E-state index >= 15 is 0 Å². The average molecular weight is 393 g/mol. The van der Waals surface area contributed by atoms with Gasteiger partial charge in [0.05, 0.1) is 0 Å². The Balaban J connectivity index is 0.00000338. The summed E-state index contributed by atoms with van der Waals surface area (Å²) in [5.41, 5.74) is 3.44. The molecular weight excluding hydrogens is 373 g/mol. The zero-order valence-electron chi connectivity index (χ0n) is 14.0. The summed E-state index contributed by atoms with van der Waals surface area (Å²) < 4.78 is 41.1. The quantitative estimate of drug-likeness (QED) is 0.699. The van der Waals surface area contributed by atoms with Crippen LogP contribution in [0.1, 0.15) is 28.2 Å². The second kappa shape index (κ2) is 8.52. The molecule has 0 aliphatic heterocycles. The van der Waals surface area contributed by atoms with Crippen LogP contribution < -0.4 is 11.1 Å². The molecule has 26 heavy (non-hydrogen) atoms. The van der Waals surface area contributed by atoms with Crippen molar-refractivity contribution in [2.24, 2.45) is 12.8 Å². The predicted molar refractivity (Wildman–Crippen MR) is 91.7 cm³/mol. The van der Waals surface area contributed by atoms with E-state index < -0.39 is 29.9 Å². The molecule has 1 heterocycles. The number of amides is 1. The summed E-state index contributed by atoms with van der Waals surface area (Å²) in [7, 11) is 1.36. The number of benzene rings is 1. The summed E-state index contributed by atoms with van der Waals surface area (Å²) in [5, 5.41) is 12.5. The van der Waals surface area contributed by atoms with E-state index in [9.17, 15) is 23.1 Å². The van der Waals surface area contributed by atoms with E-state index in [1.165, 1.54) is 31.6 Å². The van der Waals surface area contributed by atoms with Gasteiger partial charge in [0.2, 0.25) is 5.60 Å². The van der Waals surface area contributed by atoms with Crippen molar-refractivity contribution in [3.63, 3.8) is 0 Å². The van der Waals surface area contributed by atoms with Crippen LogP contribution in [0.2, 0.25) is 0 Å². The Morgan fingerprint density at radius 1 is 1.31 bits per heavy atom. The Labute approximate surface area is 154 Å². The second-order valence-electron chi connectivity index (χ2n) is 5.63. The molecule has 1 aromatic carbocycles. The van der Waals surface area contributed by atoms with Crippen LogP contribution in [-0.4, -0.2) is 33.3 Å². The van der Waals surface area contributed by atoms with Crippen molar-refractivity contribution in [2.45, 2.75) is 24.7 Å². The van der Waals surface area contributed by atoms with Crippen LogP contribution >= 0.6 is 12.4 Å². The molecule has 1 atom stereocenters. The number of rotatable bonds is 6. The van der Waals surface area contributed by atoms with E-state index in [4.69, 9.17) is 5.73 Å². The summed E-state index contributed by atoms with van der Waals surface area (Å²) in [5.74, 6) is -1.06. The van der Waals surface area contributed by atoms with Gasteiger partial charge in [-0.25, -0.2) is 4.98 Å². The van der Waals surface area contributed by atoms with Gasteiger partial charge in [-0.3, -0.25) is 4.79 Å². The van der Waals surface area contributed by atoms with Gasteiger partial charge in [0.25, 0.3) is 5.91 Å². The molecule has 2 aromatic rings. The molecule has 0 saturated heterocycles. The molecular formula is C16H20ClF3N4O2. The molecule has 0 radical (unpaired) electrons. The maximum Gasteiger partial charge on any atom is 0.424 e. The van der Waals surface area contributed by atoms with Gasteiger partial charge in [-0.2, -0.15) is 13.2 Å². The smallest absolute Gasteiger partial charge is 0.374 e. The van der Waals surface area contributed by atoms with Crippen LogP contribution in [0, 0.1) is 0 Å². The molecule has 10 heteroatoms. The fourth-order valence-electron chi connectivity index (χ4n) is 2.40. The largest absolute Gasteiger partial charge is 0.424 e. The zero-order valence-corrected chi connectivity index (χ0v) is 14.8. The van der Waals surface area contributed by atoms with Crippen molar-refractivity contribution in [3.8, 4) is 0 Å². The first-order valence-electron chi connectivity index (χ1n) is 7.53. The molecule has 1 unspecified atom stereocenters. The number of carbonyl (C=O) groups excluding carboxylic acids is 1. The number of halogens is 4. The van der Waals surface area contributed by atoms with Crippen LogP contribution in [0.5, 0.6) is 0 Å². The first-order chi connectivity index (χ1) is 11.7. The molecule has 0 saturated carbocycles. The minimum Gasteiger partial charge on any atom is -0.374 e. The molecule has 1 aromatic heterocycles. The standard InChI is InChI=1S/C16H19F3N4O2.ClH/c1-23-9-8-22-14(23)15(25,16(17,18)19)6-7-21-13(24)12-4-2-11(10-20)3-5-12;/h2-5,8-9,25H,6-7,10,20H2,1H3,(H,21,24);1H. The maximum atomic E-state index is 13.4. The monoisotopic (exact) mass is 392 g/mol. The van der Waals surface area contributed by atoms with Crippen LogP contribution in [-0.2, 0) is 19.2 Å². The van der Waals surface area contributed by atoms with Gasteiger partial charge in [-0.15, -0.1) is 12.4 Å². The van der Waals surface area contributed by atoms with Gasteiger partial charge in [0, 0.05) is 44.5 Å². The Morgan fingerprint density at radius 3 is 2.38 bits per heavy atom. The maximum absolute atomic E-state index is 13.4. The van der Waals surface area contributed by atoms with E-state index in [-0.39, 0.29) is 19.0 Å². The molecule has 0 fully saturated rings. The highest BCUT2D eigenvalue weighted by Gasteiger charge is 2.57. The van der Waals surface area contributed by atoms with Crippen LogP contribution in [0.25, 0.3) is 0 Å². The van der Waals surface area contributed by atoms with Gasteiger partial charge in [0.1, 0.15) is 5.82 Å². The van der Waals surface area contributed by atoms with Gasteiger partial charge < -0.3 is 20.7 Å². The van der Waals surface area contributed by atoms with E-state index in [1.54, 1.807) is 12.1 Å². The van der Waals surface area contributed by atoms with Crippen molar-refractivity contribution >= 4 is 18.3 Å². The third kappa shape index (κ3) is 4.54. The molecule has 1 amide bonds. The summed E-state index contributed by atoms with van der Waals surface area (Å²) in [4.78, 5) is 15.6. The van der Waals surface area contributed by atoms with Crippen molar-refractivity contribution in [3.05, 3.63) is 53.6 Å². The molecule has 6 nitrogen and oxygen atoms in total. The average Bonchev–Trinajstić information content (AvgIpc) is 3.00. The summed E-state index contributed by atoms with van der Waals surface area (Å²) in [6.45, 7) is -0.0511. The fourth-order valence-corrected chi connectivity index (χ4v) is 2.40. The Hall–Kier alpha value is -2.10. The van der Waals surface area contributed by atoms with Crippen molar-refractivity contribution in [1.82, 2.24) is 14.9 Å². The van der Waals surface area contributed by atoms with Gasteiger partial charge in [-0.05, 0) is 17.7 Å². The highest BCUT2D eigenvalue weighted by atomic mass is 35.5. The van der Waals surface area contributed by atoms with Gasteiger partial charge in [0.15, 0.2) is 0 Å². The first kappa shape index (κ1) is 21.9. The molecule has 0 aliphatic carbocycles. The number of nitrogens with one attached hydrogen (secondary N) is 1. The van der Waals surface area contributed by atoms with Crippen LogP contribution in [0.3, 0.4) is 0 Å². The molecule has 0 bridgehead atoms. The third-order valence-electron chi connectivity index (χ3n) is 3.88. The molecule has 0 spiro atoms. The van der Waals surface area contributed by atoms with E-state index in [2.05, 4.69) is 10.3 Å². The second-order valence-corrected chi connectivity index (χ2v) is 5.63. The van der Waals surface area contributed by atoms with Crippen molar-refractivity contribution in [1.29, 1.82) is 0 Å². The number of nitrogens with two attached hydrogens (primary N) is 1. The van der Waals surface area contributed by atoms with Crippen molar-refractivity contribution < 1.29 is 23.1 Å². The minimum atomic E-state index is -4.93. The summed E-state index contributed by atoms with van der Waals surface area (Å²) in [6.07, 6.45) is -3.21. The van der Waals surface area contributed by atoms with E-state index in [0.29, 0.717) is 12.1 Å². The summed E-state index contributed by atoms with van der Waals surface area (Å²) >= 11 is 0. The number of hydrogen-bond acceptors (Lipinski definition) is 4. The topological polar surface area (TPSA) is 93.2 Å².